The Morgan fingerprint density at radius 1 is 1.40 bits per heavy atom. The van der Waals surface area contributed by atoms with E-state index in [9.17, 15) is 5.11 Å². The van der Waals surface area contributed by atoms with Gasteiger partial charge in [0.2, 0.25) is 0 Å². The minimum atomic E-state index is -0.746. The van der Waals surface area contributed by atoms with Crippen molar-refractivity contribution < 1.29 is 5.11 Å². The normalized spacial score (nSPS) is 12.7. The fourth-order valence-corrected chi connectivity index (χ4v) is 1.53. The summed E-state index contributed by atoms with van der Waals surface area (Å²) in [5.74, 6) is 0.520. The molecular formula is C10H11N3OS. The first-order valence-corrected chi connectivity index (χ1v) is 4.95. The lowest BCUT2D eigenvalue weighted by molar-refractivity contribution is 0.205. The molecule has 2 N–H and O–H groups in total. The molecule has 0 saturated heterocycles. The zero-order chi connectivity index (χ0) is 10.8. The number of nitrogens with one attached hydrogen (secondary N) is 1. The second-order valence-corrected chi connectivity index (χ2v) is 3.65. The molecule has 4 nitrogen and oxygen atoms in total. The molecule has 2 rings (SSSR count). The van der Waals surface area contributed by atoms with Crippen molar-refractivity contribution in [3.63, 3.8) is 0 Å². The summed E-state index contributed by atoms with van der Waals surface area (Å²) in [6, 6.07) is 9.35. The van der Waals surface area contributed by atoms with E-state index in [1.54, 1.807) is 11.6 Å². The molecule has 1 aromatic heterocycles. The number of aromatic amines is 1. The van der Waals surface area contributed by atoms with Crippen LogP contribution in [0.5, 0.6) is 0 Å². The standard InChI is InChI=1S/C10H11N3OS/c1-13-9(11-12-10(13)15)8(14)7-5-3-2-4-6-7/h2-6,8,14H,1H3,(H,12,15)/t8-/m1/s1. The molecule has 1 aromatic carbocycles. The molecule has 0 unspecified atom stereocenters. The number of benzene rings is 1. The zero-order valence-corrected chi connectivity index (χ0v) is 9.03. The summed E-state index contributed by atoms with van der Waals surface area (Å²) in [4.78, 5) is 0. The van der Waals surface area contributed by atoms with E-state index in [0.717, 1.165) is 5.56 Å². The van der Waals surface area contributed by atoms with Crippen LogP contribution in [0, 0.1) is 4.77 Å². The second-order valence-electron chi connectivity index (χ2n) is 3.26. The monoisotopic (exact) mass is 221 g/mol. The van der Waals surface area contributed by atoms with Crippen LogP contribution in [0.3, 0.4) is 0 Å². The topological polar surface area (TPSA) is 53.8 Å². The summed E-state index contributed by atoms with van der Waals surface area (Å²) in [5, 5.41) is 16.7. The van der Waals surface area contributed by atoms with E-state index < -0.39 is 6.10 Å². The van der Waals surface area contributed by atoms with Crippen molar-refractivity contribution in [1.29, 1.82) is 0 Å². The maximum atomic E-state index is 10.0. The number of rotatable bonds is 2. The van der Waals surface area contributed by atoms with Gasteiger partial charge in [-0.2, -0.15) is 5.10 Å². The van der Waals surface area contributed by atoms with Crippen LogP contribution in [-0.4, -0.2) is 19.9 Å². The molecule has 0 fully saturated rings. The Kier molecular flexibility index (Phi) is 2.66. The van der Waals surface area contributed by atoms with E-state index in [4.69, 9.17) is 12.2 Å². The Morgan fingerprint density at radius 3 is 2.60 bits per heavy atom. The third-order valence-electron chi connectivity index (χ3n) is 2.27. The van der Waals surface area contributed by atoms with Gasteiger partial charge in [0.05, 0.1) is 0 Å². The summed E-state index contributed by atoms with van der Waals surface area (Å²) in [6.45, 7) is 0. The first-order chi connectivity index (χ1) is 7.20. The first kappa shape index (κ1) is 10.1. The number of hydrogen-bond acceptors (Lipinski definition) is 3. The maximum Gasteiger partial charge on any atom is 0.194 e. The molecule has 0 spiro atoms. The fourth-order valence-electron chi connectivity index (χ4n) is 1.39. The van der Waals surface area contributed by atoms with Gasteiger partial charge in [0.25, 0.3) is 0 Å². The summed E-state index contributed by atoms with van der Waals surface area (Å²) in [6.07, 6.45) is -0.746. The molecule has 78 valence electrons. The molecule has 0 bridgehead atoms. The minimum absolute atomic E-state index is 0.500. The average molecular weight is 221 g/mol. The molecule has 1 heterocycles. The molecule has 0 saturated carbocycles. The smallest absolute Gasteiger partial charge is 0.194 e. The zero-order valence-electron chi connectivity index (χ0n) is 8.21. The average Bonchev–Trinajstić information content (AvgIpc) is 2.60. The number of aliphatic hydroxyl groups excluding tert-OH is 1. The quantitative estimate of drug-likeness (QED) is 0.757. The number of hydrogen-bond donors (Lipinski definition) is 2. The van der Waals surface area contributed by atoms with Gasteiger partial charge in [-0.3, -0.25) is 5.10 Å². The van der Waals surface area contributed by atoms with Crippen LogP contribution in [-0.2, 0) is 7.05 Å². The highest BCUT2D eigenvalue weighted by Gasteiger charge is 2.15. The van der Waals surface area contributed by atoms with E-state index in [-0.39, 0.29) is 0 Å². The van der Waals surface area contributed by atoms with E-state index in [1.807, 2.05) is 30.3 Å². The van der Waals surface area contributed by atoms with Crippen LogP contribution in [0.4, 0.5) is 0 Å². The summed E-state index contributed by atoms with van der Waals surface area (Å²) < 4.78 is 2.16. The summed E-state index contributed by atoms with van der Waals surface area (Å²) >= 11 is 4.98. The highest BCUT2D eigenvalue weighted by Crippen LogP contribution is 2.18. The Morgan fingerprint density at radius 2 is 2.07 bits per heavy atom. The Balaban J connectivity index is 2.41. The molecule has 15 heavy (non-hydrogen) atoms. The Hall–Kier alpha value is -1.46. The molecular weight excluding hydrogens is 210 g/mol. The molecule has 0 aliphatic carbocycles. The SMILES string of the molecule is Cn1c([C@H](O)c2ccccc2)n[nH]c1=S. The van der Waals surface area contributed by atoms with Crippen molar-refractivity contribution >= 4 is 12.2 Å². The molecule has 2 aromatic rings. The van der Waals surface area contributed by atoms with Crippen LogP contribution in [0.15, 0.2) is 30.3 Å². The lowest BCUT2D eigenvalue weighted by atomic mass is 10.1. The molecule has 0 amide bonds. The van der Waals surface area contributed by atoms with E-state index in [1.165, 1.54) is 0 Å². The minimum Gasteiger partial charge on any atom is -0.380 e. The van der Waals surface area contributed by atoms with Crippen molar-refractivity contribution in [2.45, 2.75) is 6.10 Å². The predicted molar refractivity (Wildman–Crippen MR) is 58.9 cm³/mol. The predicted octanol–water partition coefficient (Wildman–Crippen LogP) is 1.56. The third-order valence-corrected chi connectivity index (χ3v) is 2.64. The largest absolute Gasteiger partial charge is 0.380 e. The van der Waals surface area contributed by atoms with E-state index in [2.05, 4.69) is 10.2 Å². The van der Waals surface area contributed by atoms with E-state index >= 15 is 0 Å². The Bertz CT molecular complexity index is 503. The number of nitrogens with zero attached hydrogens (tertiary/aromatic N) is 2. The van der Waals surface area contributed by atoms with Crippen LogP contribution in [0.25, 0.3) is 0 Å². The third kappa shape index (κ3) is 1.84. The fraction of sp³-hybridized carbons (Fsp3) is 0.200. The van der Waals surface area contributed by atoms with Crippen molar-refractivity contribution in [3.8, 4) is 0 Å². The number of H-pyrrole nitrogens is 1. The summed E-state index contributed by atoms with van der Waals surface area (Å²) in [7, 11) is 1.77. The highest BCUT2D eigenvalue weighted by atomic mass is 32.1. The van der Waals surface area contributed by atoms with Gasteiger partial charge in [-0.1, -0.05) is 30.3 Å². The van der Waals surface area contributed by atoms with Gasteiger partial charge in [0.1, 0.15) is 6.10 Å². The number of aliphatic hydroxyl groups is 1. The summed E-state index contributed by atoms with van der Waals surface area (Å²) in [5.41, 5.74) is 0.801. The second kappa shape index (κ2) is 3.96. The first-order valence-electron chi connectivity index (χ1n) is 4.54. The molecule has 0 aliphatic rings. The van der Waals surface area contributed by atoms with Gasteiger partial charge in [0, 0.05) is 7.05 Å². The molecule has 5 heteroatoms. The van der Waals surface area contributed by atoms with Gasteiger partial charge in [-0.05, 0) is 17.8 Å². The molecule has 0 radical (unpaired) electrons. The molecule has 1 atom stereocenters. The van der Waals surface area contributed by atoms with Gasteiger partial charge in [0.15, 0.2) is 10.6 Å². The van der Waals surface area contributed by atoms with Crippen LogP contribution in [0.1, 0.15) is 17.5 Å². The van der Waals surface area contributed by atoms with Crippen molar-refractivity contribution in [3.05, 3.63) is 46.5 Å². The van der Waals surface area contributed by atoms with Gasteiger partial charge < -0.3 is 9.67 Å². The lowest BCUT2D eigenvalue weighted by Gasteiger charge is -2.09. The van der Waals surface area contributed by atoms with Crippen molar-refractivity contribution in [2.75, 3.05) is 0 Å². The maximum absolute atomic E-state index is 10.0. The van der Waals surface area contributed by atoms with Crippen LogP contribution >= 0.6 is 12.2 Å². The Labute approximate surface area is 92.2 Å². The number of aromatic nitrogens is 3. The van der Waals surface area contributed by atoms with Crippen LogP contribution < -0.4 is 0 Å². The highest BCUT2D eigenvalue weighted by molar-refractivity contribution is 7.71. The van der Waals surface area contributed by atoms with Crippen LogP contribution in [0.2, 0.25) is 0 Å². The van der Waals surface area contributed by atoms with Gasteiger partial charge in [-0.25, -0.2) is 0 Å². The van der Waals surface area contributed by atoms with Crippen molar-refractivity contribution in [2.24, 2.45) is 7.05 Å². The van der Waals surface area contributed by atoms with E-state index in [0.29, 0.717) is 10.6 Å². The van der Waals surface area contributed by atoms with Gasteiger partial charge in [-0.15, -0.1) is 0 Å². The van der Waals surface area contributed by atoms with Crippen molar-refractivity contribution in [1.82, 2.24) is 14.8 Å². The lowest BCUT2D eigenvalue weighted by Crippen LogP contribution is -2.07. The van der Waals surface area contributed by atoms with Gasteiger partial charge >= 0.3 is 0 Å². The molecule has 0 aliphatic heterocycles.